The molecule has 0 aromatic rings. The predicted molar refractivity (Wildman–Crippen MR) is 57.8 cm³/mol. The Bertz CT molecular complexity index is 199. The fourth-order valence-electron chi connectivity index (χ4n) is 1.73. The van der Waals surface area contributed by atoms with E-state index in [1.165, 1.54) is 19.3 Å². The van der Waals surface area contributed by atoms with Gasteiger partial charge in [-0.3, -0.25) is 4.79 Å². The Labute approximate surface area is 86.6 Å². The molecule has 1 saturated carbocycles. The highest BCUT2D eigenvalue weighted by Gasteiger charge is 2.25. The highest BCUT2D eigenvalue weighted by molar-refractivity contribution is 5.78. The van der Waals surface area contributed by atoms with E-state index in [1.54, 1.807) is 0 Å². The van der Waals surface area contributed by atoms with E-state index in [1.807, 2.05) is 25.8 Å². The van der Waals surface area contributed by atoms with Crippen molar-refractivity contribution in [2.24, 2.45) is 17.6 Å². The summed E-state index contributed by atoms with van der Waals surface area (Å²) in [6.07, 6.45) is 3.89. The van der Waals surface area contributed by atoms with Crippen molar-refractivity contribution >= 4 is 5.91 Å². The highest BCUT2D eigenvalue weighted by atomic mass is 16.2. The summed E-state index contributed by atoms with van der Waals surface area (Å²) in [6.45, 7) is 4.71. The number of hydrogen-bond acceptors (Lipinski definition) is 2. The average Bonchev–Trinajstić information content (AvgIpc) is 2.08. The topological polar surface area (TPSA) is 46.3 Å². The zero-order valence-electron chi connectivity index (χ0n) is 9.49. The molecule has 0 heterocycles. The van der Waals surface area contributed by atoms with Crippen LogP contribution in [0.1, 0.15) is 33.1 Å². The third-order valence-corrected chi connectivity index (χ3v) is 3.31. The minimum atomic E-state index is -0.0555. The molecular weight excluding hydrogens is 176 g/mol. The largest absolute Gasteiger partial charge is 0.345 e. The van der Waals surface area contributed by atoms with Crippen LogP contribution < -0.4 is 5.73 Å². The average molecular weight is 198 g/mol. The molecule has 1 rings (SSSR count). The molecule has 3 nitrogen and oxygen atoms in total. The Hall–Kier alpha value is -0.570. The van der Waals surface area contributed by atoms with Crippen LogP contribution >= 0.6 is 0 Å². The van der Waals surface area contributed by atoms with Crippen molar-refractivity contribution in [1.29, 1.82) is 0 Å². The molecule has 82 valence electrons. The van der Waals surface area contributed by atoms with Gasteiger partial charge in [0.15, 0.2) is 0 Å². The number of carbonyl (C=O) groups excluding carboxylic acids is 1. The second-order valence-corrected chi connectivity index (χ2v) is 4.66. The summed E-state index contributed by atoms with van der Waals surface area (Å²) in [5.74, 6) is 0.871. The van der Waals surface area contributed by atoms with E-state index in [0.717, 1.165) is 12.5 Å². The van der Waals surface area contributed by atoms with Crippen LogP contribution in [0, 0.1) is 11.8 Å². The van der Waals surface area contributed by atoms with Gasteiger partial charge in [0.2, 0.25) is 5.91 Å². The Balaban J connectivity index is 2.34. The summed E-state index contributed by atoms with van der Waals surface area (Å²) in [6, 6.07) is -0.0497. The molecule has 14 heavy (non-hydrogen) atoms. The lowest BCUT2D eigenvalue weighted by atomic mass is 9.85. The number of nitrogens with zero attached hydrogens (tertiary/aromatic N) is 1. The van der Waals surface area contributed by atoms with E-state index in [2.05, 4.69) is 0 Å². The first-order valence-electron chi connectivity index (χ1n) is 5.53. The van der Waals surface area contributed by atoms with E-state index in [4.69, 9.17) is 5.73 Å². The molecule has 0 saturated heterocycles. The van der Waals surface area contributed by atoms with Crippen LogP contribution in [0.25, 0.3) is 0 Å². The summed E-state index contributed by atoms with van der Waals surface area (Å²) < 4.78 is 0. The van der Waals surface area contributed by atoms with E-state index >= 15 is 0 Å². The number of hydrogen-bond donors (Lipinski definition) is 1. The second kappa shape index (κ2) is 4.78. The zero-order chi connectivity index (χ0) is 10.7. The maximum absolute atomic E-state index is 11.8. The normalized spacial score (nSPS) is 21.1. The summed E-state index contributed by atoms with van der Waals surface area (Å²) in [7, 11) is 1.89. The van der Waals surface area contributed by atoms with Gasteiger partial charge in [0, 0.05) is 19.6 Å². The van der Waals surface area contributed by atoms with Crippen molar-refractivity contribution in [2.75, 3.05) is 13.6 Å². The SMILES string of the molecule is CC(N)C(C)C(=O)N(C)CC1CCC1. The van der Waals surface area contributed by atoms with E-state index in [-0.39, 0.29) is 17.9 Å². The molecule has 2 unspecified atom stereocenters. The van der Waals surface area contributed by atoms with Crippen molar-refractivity contribution in [2.45, 2.75) is 39.2 Å². The lowest BCUT2D eigenvalue weighted by Crippen LogP contribution is -2.42. The summed E-state index contributed by atoms with van der Waals surface area (Å²) in [5.41, 5.74) is 5.70. The van der Waals surface area contributed by atoms with Crippen LogP contribution in [-0.2, 0) is 4.79 Å². The Morgan fingerprint density at radius 1 is 1.50 bits per heavy atom. The standard InChI is InChI=1S/C11H22N2O/c1-8(9(2)12)11(14)13(3)7-10-5-4-6-10/h8-10H,4-7,12H2,1-3H3. The van der Waals surface area contributed by atoms with Crippen LogP contribution in [-0.4, -0.2) is 30.4 Å². The summed E-state index contributed by atoms with van der Waals surface area (Å²) in [5, 5.41) is 0. The highest BCUT2D eigenvalue weighted by Crippen LogP contribution is 2.27. The number of rotatable bonds is 4. The maximum Gasteiger partial charge on any atom is 0.226 e. The molecule has 2 atom stereocenters. The van der Waals surface area contributed by atoms with Gasteiger partial charge < -0.3 is 10.6 Å². The number of nitrogens with two attached hydrogens (primary N) is 1. The van der Waals surface area contributed by atoms with E-state index in [0.29, 0.717) is 0 Å². The monoisotopic (exact) mass is 198 g/mol. The molecule has 0 bridgehead atoms. The van der Waals surface area contributed by atoms with E-state index in [9.17, 15) is 4.79 Å². The molecular formula is C11H22N2O. The number of carbonyl (C=O) groups is 1. The molecule has 2 N–H and O–H groups in total. The van der Waals surface area contributed by atoms with E-state index < -0.39 is 0 Å². The van der Waals surface area contributed by atoms with Crippen LogP contribution in [0.2, 0.25) is 0 Å². The molecule has 0 radical (unpaired) electrons. The quantitative estimate of drug-likeness (QED) is 0.738. The van der Waals surface area contributed by atoms with Crippen molar-refractivity contribution < 1.29 is 4.79 Å². The first-order chi connectivity index (χ1) is 6.52. The first kappa shape index (κ1) is 11.5. The van der Waals surface area contributed by atoms with Gasteiger partial charge in [0.05, 0.1) is 5.92 Å². The van der Waals surface area contributed by atoms with Crippen molar-refractivity contribution in [1.82, 2.24) is 4.90 Å². The van der Waals surface area contributed by atoms with Crippen LogP contribution in [0.5, 0.6) is 0 Å². The molecule has 1 aliphatic rings. The molecule has 3 heteroatoms. The lowest BCUT2D eigenvalue weighted by Gasteiger charge is -2.32. The zero-order valence-corrected chi connectivity index (χ0v) is 9.49. The molecule has 1 fully saturated rings. The lowest BCUT2D eigenvalue weighted by molar-refractivity contribution is -0.135. The molecule has 0 aliphatic heterocycles. The van der Waals surface area contributed by atoms with Gasteiger partial charge in [-0.05, 0) is 25.7 Å². The maximum atomic E-state index is 11.8. The minimum Gasteiger partial charge on any atom is -0.345 e. The smallest absolute Gasteiger partial charge is 0.226 e. The van der Waals surface area contributed by atoms with Crippen LogP contribution in [0.3, 0.4) is 0 Å². The molecule has 1 amide bonds. The first-order valence-corrected chi connectivity index (χ1v) is 5.53. The fraction of sp³-hybridized carbons (Fsp3) is 0.909. The van der Waals surface area contributed by atoms with Gasteiger partial charge in [-0.1, -0.05) is 13.3 Å². The van der Waals surface area contributed by atoms with Gasteiger partial charge in [0.25, 0.3) is 0 Å². The summed E-state index contributed by atoms with van der Waals surface area (Å²) in [4.78, 5) is 13.7. The molecule has 0 spiro atoms. The van der Waals surface area contributed by atoms with Gasteiger partial charge >= 0.3 is 0 Å². The van der Waals surface area contributed by atoms with Crippen LogP contribution in [0.4, 0.5) is 0 Å². The summed E-state index contributed by atoms with van der Waals surface area (Å²) >= 11 is 0. The van der Waals surface area contributed by atoms with Gasteiger partial charge in [0.1, 0.15) is 0 Å². The molecule has 0 aromatic carbocycles. The molecule has 0 aromatic heterocycles. The third kappa shape index (κ3) is 2.71. The van der Waals surface area contributed by atoms with Gasteiger partial charge in [-0.15, -0.1) is 0 Å². The van der Waals surface area contributed by atoms with Crippen LogP contribution in [0.15, 0.2) is 0 Å². The third-order valence-electron chi connectivity index (χ3n) is 3.31. The van der Waals surface area contributed by atoms with Gasteiger partial charge in [-0.2, -0.15) is 0 Å². The predicted octanol–water partition coefficient (Wildman–Crippen LogP) is 1.23. The minimum absolute atomic E-state index is 0.0497. The fourth-order valence-corrected chi connectivity index (χ4v) is 1.73. The Kier molecular flexibility index (Phi) is 3.93. The second-order valence-electron chi connectivity index (χ2n) is 4.66. The van der Waals surface area contributed by atoms with Crippen molar-refractivity contribution in [3.05, 3.63) is 0 Å². The van der Waals surface area contributed by atoms with Crippen molar-refractivity contribution in [3.8, 4) is 0 Å². The molecule has 1 aliphatic carbocycles. The number of amides is 1. The van der Waals surface area contributed by atoms with Gasteiger partial charge in [-0.25, -0.2) is 0 Å². The Morgan fingerprint density at radius 3 is 2.43 bits per heavy atom. The van der Waals surface area contributed by atoms with Crippen molar-refractivity contribution in [3.63, 3.8) is 0 Å². The Morgan fingerprint density at radius 2 is 2.07 bits per heavy atom.